The van der Waals surface area contributed by atoms with Crippen molar-refractivity contribution in [3.05, 3.63) is 73.8 Å². The van der Waals surface area contributed by atoms with Crippen molar-refractivity contribution < 1.29 is 19.6 Å². The van der Waals surface area contributed by atoms with Crippen LogP contribution >= 0.6 is 23.2 Å². The lowest BCUT2D eigenvalue weighted by molar-refractivity contribution is -0.385. The van der Waals surface area contributed by atoms with E-state index in [0.717, 1.165) is 6.07 Å². The number of nitro benzene ring substituents is 1. The van der Waals surface area contributed by atoms with E-state index in [9.17, 15) is 19.7 Å². The molecule has 0 radical (unpaired) electrons. The van der Waals surface area contributed by atoms with Crippen molar-refractivity contribution in [3.8, 4) is 0 Å². The van der Waals surface area contributed by atoms with Gasteiger partial charge in [0, 0.05) is 16.1 Å². The summed E-state index contributed by atoms with van der Waals surface area (Å²) in [5.41, 5.74) is -0.161. The second-order valence-corrected chi connectivity index (χ2v) is 5.97. The molecule has 0 spiro atoms. The van der Waals surface area contributed by atoms with Crippen LogP contribution in [0.2, 0.25) is 10.0 Å². The molecular weight excluding hydrogens is 371 g/mol. The number of nitrogens with zero attached hydrogens (tertiary/aromatic N) is 1. The molecule has 2 rings (SSSR count). The van der Waals surface area contributed by atoms with Crippen molar-refractivity contribution in [1.29, 1.82) is 0 Å². The van der Waals surface area contributed by atoms with E-state index < -0.39 is 34.9 Å². The zero-order valence-corrected chi connectivity index (χ0v) is 14.1. The third kappa shape index (κ3) is 4.91. The van der Waals surface area contributed by atoms with Gasteiger partial charge >= 0.3 is 5.97 Å². The molecule has 0 fully saturated rings. The van der Waals surface area contributed by atoms with E-state index in [0.29, 0.717) is 10.6 Å². The number of nitro groups is 1. The predicted molar refractivity (Wildman–Crippen MR) is 92.0 cm³/mol. The largest absolute Gasteiger partial charge is 0.481 e. The lowest BCUT2D eigenvalue weighted by Crippen LogP contribution is -2.30. The fourth-order valence-corrected chi connectivity index (χ4v) is 2.50. The van der Waals surface area contributed by atoms with E-state index in [4.69, 9.17) is 28.3 Å². The molecule has 0 aliphatic heterocycles. The van der Waals surface area contributed by atoms with Gasteiger partial charge in [-0.3, -0.25) is 19.7 Å². The third-order valence-electron chi connectivity index (χ3n) is 3.36. The minimum Gasteiger partial charge on any atom is -0.481 e. The molecule has 2 N–H and O–H groups in total. The molecule has 25 heavy (non-hydrogen) atoms. The second kappa shape index (κ2) is 7.96. The average Bonchev–Trinajstić information content (AvgIpc) is 2.54. The van der Waals surface area contributed by atoms with Crippen LogP contribution in [0.3, 0.4) is 0 Å². The van der Waals surface area contributed by atoms with Crippen molar-refractivity contribution in [1.82, 2.24) is 5.32 Å². The molecular formula is C16H12Cl2N2O5. The SMILES string of the molecule is O=C(O)C[C@H](NC(=O)c1ccc(Cl)cc1[N+](=O)[O-])c1ccc(Cl)cc1. The maximum absolute atomic E-state index is 12.4. The molecule has 0 unspecified atom stereocenters. The van der Waals surface area contributed by atoms with Gasteiger partial charge in [-0.2, -0.15) is 0 Å². The number of hydrogen-bond donors (Lipinski definition) is 2. The van der Waals surface area contributed by atoms with Crippen molar-refractivity contribution in [2.75, 3.05) is 0 Å². The van der Waals surface area contributed by atoms with Crippen LogP contribution in [0.5, 0.6) is 0 Å². The molecule has 9 heteroatoms. The Bertz CT molecular complexity index is 824. The van der Waals surface area contributed by atoms with E-state index in [1.165, 1.54) is 12.1 Å². The number of benzene rings is 2. The Morgan fingerprint density at radius 3 is 2.28 bits per heavy atom. The van der Waals surface area contributed by atoms with Gasteiger partial charge in [0.2, 0.25) is 0 Å². The Kier molecular flexibility index (Phi) is 5.95. The van der Waals surface area contributed by atoms with Gasteiger partial charge in [0.25, 0.3) is 11.6 Å². The van der Waals surface area contributed by atoms with E-state index >= 15 is 0 Å². The van der Waals surface area contributed by atoms with Crippen LogP contribution < -0.4 is 5.32 Å². The van der Waals surface area contributed by atoms with Crippen molar-refractivity contribution >= 4 is 40.8 Å². The summed E-state index contributed by atoms with van der Waals surface area (Å²) in [5, 5.41) is 23.2. The smallest absolute Gasteiger partial charge is 0.305 e. The number of halogens is 2. The Labute approximate surface area is 152 Å². The molecule has 2 aromatic carbocycles. The zero-order chi connectivity index (χ0) is 18.6. The fourth-order valence-electron chi connectivity index (χ4n) is 2.21. The van der Waals surface area contributed by atoms with Crippen LogP contribution in [0.15, 0.2) is 42.5 Å². The first-order valence-electron chi connectivity index (χ1n) is 7.00. The molecule has 1 atom stereocenters. The van der Waals surface area contributed by atoms with Crippen LogP contribution in [-0.4, -0.2) is 21.9 Å². The first-order chi connectivity index (χ1) is 11.8. The number of carbonyl (C=O) groups excluding carboxylic acids is 1. The van der Waals surface area contributed by atoms with Crippen LogP contribution in [0.25, 0.3) is 0 Å². The van der Waals surface area contributed by atoms with Gasteiger partial charge in [-0.25, -0.2) is 0 Å². The van der Waals surface area contributed by atoms with Crippen LogP contribution in [0, 0.1) is 10.1 Å². The first-order valence-corrected chi connectivity index (χ1v) is 7.75. The summed E-state index contributed by atoms with van der Waals surface area (Å²) in [7, 11) is 0. The molecule has 0 heterocycles. The summed E-state index contributed by atoms with van der Waals surface area (Å²) in [4.78, 5) is 33.9. The number of amides is 1. The molecule has 0 aromatic heterocycles. The van der Waals surface area contributed by atoms with E-state index in [-0.39, 0.29) is 10.6 Å². The summed E-state index contributed by atoms with van der Waals surface area (Å²) in [6, 6.07) is 9.01. The molecule has 0 aliphatic rings. The highest BCUT2D eigenvalue weighted by Gasteiger charge is 2.24. The van der Waals surface area contributed by atoms with Gasteiger partial charge in [-0.1, -0.05) is 35.3 Å². The Morgan fingerprint density at radius 1 is 1.12 bits per heavy atom. The molecule has 1 amide bonds. The Balaban J connectivity index is 2.32. The highest BCUT2D eigenvalue weighted by molar-refractivity contribution is 6.31. The van der Waals surface area contributed by atoms with Gasteiger partial charge in [-0.05, 0) is 29.8 Å². The summed E-state index contributed by atoms with van der Waals surface area (Å²) in [6.07, 6.45) is -0.394. The van der Waals surface area contributed by atoms with Gasteiger partial charge in [0.1, 0.15) is 5.56 Å². The van der Waals surface area contributed by atoms with Crippen LogP contribution in [0.1, 0.15) is 28.4 Å². The van der Waals surface area contributed by atoms with Gasteiger partial charge in [0.05, 0.1) is 17.4 Å². The molecule has 7 nitrogen and oxygen atoms in total. The molecule has 0 saturated carbocycles. The quantitative estimate of drug-likeness (QED) is 0.582. The van der Waals surface area contributed by atoms with Crippen LogP contribution in [-0.2, 0) is 4.79 Å². The predicted octanol–water partition coefficient (Wildman–Crippen LogP) is 3.85. The van der Waals surface area contributed by atoms with E-state index in [1.54, 1.807) is 24.3 Å². The maximum Gasteiger partial charge on any atom is 0.305 e. The molecule has 130 valence electrons. The normalized spacial score (nSPS) is 11.6. The summed E-state index contributed by atoms with van der Waals surface area (Å²) in [6.45, 7) is 0. The third-order valence-corrected chi connectivity index (χ3v) is 3.84. The highest BCUT2D eigenvalue weighted by Crippen LogP contribution is 2.25. The number of carboxylic acid groups (broad SMARTS) is 1. The van der Waals surface area contributed by atoms with Gasteiger partial charge in [0.15, 0.2) is 0 Å². The van der Waals surface area contributed by atoms with Crippen molar-refractivity contribution in [3.63, 3.8) is 0 Å². The second-order valence-electron chi connectivity index (χ2n) is 5.09. The molecule has 0 aliphatic carbocycles. The Hall–Kier alpha value is -2.64. The number of aliphatic carboxylic acids is 1. The lowest BCUT2D eigenvalue weighted by Gasteiger charge is -2.17. The number of carboxylic acids is 1. The highest BCUT2D eigenvalue weighted by atomic mass is 35.5. The first kappa shape index (κ1) is 18.7. The van der Waals surface area contributed by atoms with Gasteiger partial charge in [-0.15, -0.1) is 0 Å². The molecule has 2 aromatic rings. The van der Waals surface area contributed by atoms with E-state index in [2.05, 4.69) is 5.32 Å². The van der Waals surface area contributed by atoms with Crippen molar-refractivity contribution in [2.24, 2.45) is 0 Å². The molecule has 0 bridgehead atoms. The minimum absolute atomic E-state index is 0.114. The molecule has 0 saturated heterocycles. The summed E-state index contributed by atoms with van der Waals surface area (Å²) in [5.74, 6) is -1.91. The van der Waals surface area contributed by atoms with Gasteiger partial charge < -0.3 is 10.4 Å². The average molecular weight is 383 g/mol. The number of hydrogen-bond acceptors (Lipinski definition) is 4. The topological polar surface area (TPSA) is 110 Å². The van der Waals surface area contributed by atoms with E-state index in [1.807, 2.05) is 0 Å². The summed E-state index contributed by atoms with van der Waals surface area (Å²) < 4.78 is 0. The number of rotatable bonds is 6. The summed E-state index contributed by atoms with van der Waals surface area (Å²) >= 11 is 11.5. The zero-order valence-electron chi connectivity index (χ0n) is 12.6. The Morgan fingerprint density at radius 2 is 1.72 bits per heavy atom. The fraction of sp³-hybridized carbons (Fsp3) is 0.125. The minimum atomic E-state index is -1.13. The number of carbonyl (C=O) groups is 2. The number of nitrogens with one attached hydrogen (secondary N) is 1. The van der Waals surface area contributed by atoms with Crippen LogP contribution in [0.4, 0.5) is 5.69 Å². The standard InChI is InChI=1S/C16H12Cl2N2O5/c17-10-3-1-9(2-4-10)13(8-15(21)22)19-16(23)12-6-5-11(18)7-14(12)20(24)25/h1-7,13H,8H2,(H,19,23)(H,21,22)/t13-/m0/s1. The monoisotopic (exact) mass is 382 g/mol. The van der Waals surface area contributed by atoms with Crippen molar-refractivity contribution in [2.45, 2.75) is 12.5 Å². The maximum atomic E-state index is 12.4. The lowest BCUT2D eigenvalue weighted by atomic mass is 10.0.